The fourth-order valence-electron chi connectivity index (χ4n) is 0.926. The second-order valence-electron chi connectivity index (χ2n) is 2.48. The average molecular weight is 156 g/mol. The van der Waals surface area contributed by atoms with Gasteiger partial charge >= 0.3 is 5.97 Å². The summed E-state index contributed by atoms with van der Waals surface area (Å²) >= 11 is 0. The number of carbonyl (C=O) groups excluding carboxylic acids is 1. The molecule has 0 bridgehead atoms. The number of nitrogens with one attached hydrogen (secondary N) is 1. The van der Waals surface area contributed by atoms with E-state index in [0.717, 1.165) is 6.54 Å². The van der Waals surface area contributed by atoms with Gasteiger partial charge in [-0.3, -0.25) is 0 Å². The summed E-state index contributed by atoms with van der Waals surface area (Å²) in [5.41, 5.74) is 3.25. The number of hydrogen-bond donors (Lipinski definition) is 1. The molecule has 1 unspecified atom stereocenters. The lowest BCUT2D eigenvalue weighted by Crippen LogP contribution is -2.22. The van der Waals surface area contributed by atoms with Crippen molar-refractivity contribution in [3.63, 3.8) is 0 Å². The minimum atomic E-state index is -0.301. The van der Waals surface area contributed by atoms with E-state index >= 15 is 0 Å². The lowest BCUT2D eigenvalue weighted by molar-refractivity contribution is -0.135. The van der Waals surface area contributed by atoms with Gasteiger partial charge in [0.25, 0.3) is 0 Å². The van der Waals surface area contributed by atoms with Crippen LogP contribution in [0.4, 0.5) is 0 Å². The Kier molecular flexibility index (Phi) is 2.46. The fraction of sp³-hybridized carbons (Fsp3) is 0.714. The molecule has 0 aromatic rings. The van der Waals surface area contributed by atoms with Crippen molar-refractivity contribution >= 4 is 11.7 Å². The highest BCUT2D eigenvalue weighted by Crippen LogP contribution is 2.04. The highest BCUT2D eigenvalue weighted by atomic mass is 16.5. The largest absolute Gasteiger partial charge is 0.461 e. The van der Waals surface area contributed by atoms with Crippen molar-refractivity contribution in [2.45, 2.75) is 13.8 Å². The maximum Gasteiger partial charge on any atom is 0.354 e. The van der Waals surface area contributed by atoms with Crippen molar-refractivity contribution in [1.29, 1.82) is 0 Å². The molecule has 0 saturated heterocycles. The van der Waals surface area contributed by atoms with E-state index < -0.39 is 0 Å². The van der Waals surface area contributed by atoms with E-state index in [4.69, 9.17) is 4.74 Å². The van der Waals surface area contributed by atoms with Gasteiger partial charge in [0.15, 0.2) is 0 Å². The standard InChI is InChI=1S/C7H12N2O2/c1-3-11-7(10)6-5(2)4-8-9-6/h5,8H,3-4H2,1-2H3. The molecule has 4 heteroatoms. The lowest BCUT2D eigenvalue weighted by Gasteiger charge is -2.03. The Balaban J connectivity index is 2.52. The molecule has 1 aliphatic heterocycles. The predicted octanol–water partition coefficient (Wildman–Crippen LogP) is 0.145. The molecular formula is C7H12N2O2. The van der Waals surface area contributed by atoms with Crippen LogP contribution in [0.25, 0.3) is 0 Å². The summed E-state index contributed by atoms with van der Waals surface area (Å²) in [7, 11) is 0. The minimum Gasteiger partial charge on any atom is -0.461 e. The van der Waals surface area contributed by atoms with Crippen LogP contribution in [0.1, 0.15) is 13.8 Å². The van der Waals surface area contributed by atoms with Gasteiger partial charge in [-0.05, 0) is 6.92 Å². The molecule has 1 heterocycles. The first-order chi connectivity index (χ1) is 5.25. The summed E-state index contributed by atoms with van der Waals surface area (Å²) in [6, 6.07) is 0. The van der Waals surface area contributed by atoms with Crippen LogP contribution in [-0.4, -0.2) is 24.8 Å². The van der Waals surface area contributed by atoms with E-state index in [1.807, 2.05) is 6.92 Å². The molecule has 0 amide bonds. The smallest absolute Gasteiger partial charge is 0.354 e. The Morgan fingerprint density at radius 2 is 2.64 bits per heavy atom. The van der Waals surface area contributed by atoms with Crippen LogP contribution in [0.15, 0.2) is 5.10 Å². The zero-order valence-electron chi connectivity index (χ0n) is 6.76. The van der Waals surface area contributed by atoms with Gasteiger partial charge in [-0.1, -0.05) is 6.92 Å². The molecule has 62 valence electrons. The topological polar surface area (TPSA) is 50.7 Å². The van der Waals surface area contributed by atoms with Crippen LogP contribution in [0.5, 0.6) is 0 Å². The van der Waals surface area contributed by atoms with Gasteiger partial charge < -0.3 is 10.2 Å². The molecule has 0 aromatic carbocycles. The quantitative estimate of drug-likeness (QED) is 0.579. The Bertz CT molecular complexity index is 189. The van der Waals surface area contributed by atoms with Gasteiger partial charge in [-0.25, -0.2) is 4.79 Å². The molecule has 0 aliphatic carbocycles. The molecule has 0 spiro atoms. The van der Waals surface area contributed by atoms with Crippen molar-refractivity contribution in [2.24, 2.45) is 11.0 Å². The summed E-state index contributed by atoms with van der Waals surface area (Å²) in [6.45, 7) is 4.86. The number of nitrogens with zero attached hydrogens (tertiary/aromatic N) is 1. The normalized spacial score (nSPS) is 22.4. The molecule has 1 atom stereocenters. The Labute approximate surface area is 65.6 Å². The number of hydrazone groups is 1. The lowest BCUT2D eigenvalue weighted by atomic mass is 10.1. The summed E-state index contributed by atoms with van der Waals surface area (Å²) in [6.07, 6.45) is 0. The SMILES string of the molecule is CCOC(=O)C1=NNCC1C. The molecule has 1 aliphatic rings. The number of esters is 1. The van der Waals surface area contributed by atoms with Gasteiger partial charge in [0.05, 0.1) is 6.61 Å². The fourth-order valence-corrected chi connectivity index (χ4v) is 0.926. The third-order valence-corrected chi connectivity index (χ3v) is 1.55. The summed E-state index contributed by atoms with van der Waals surface area (Å²) in [5, 5.41) is 3.83. The first-order valence-electron chi connectivity index (χ1n) is 3.73. The van der Waals surface area contributed by atoms with Gasteiger partial charge in [-0.15, -0.1) is 0 Å². The van der Waals surface area contributed by atoms with Crippen molar-refractivity contribution in [1.82, 2.24) is 5.43 Å². The van der Waals surface area contributed by atoms with Gasteiger partial charge in [-0.2, -0.15) is 5.10 Å². The highest BCUT2D eigenvalue weighted by molar-refractivity contribution is 6.37. The van der Waals surface area contributed by atoms with Crippen molar-refractivity contribution < 1.29 is 9.53 Å². The molecular weight excluding hydrogens is 144 g/mol. The van der Waals surface area contributed by atoms with E-state index in [-0.39, 0.29) is 11.9 Å². The van der Waals surface area contributed by atoms with Crippen LogP contribution in [0, 0.1) is 5.92 Å². The number of rotatable bonds is 2. The molecule has 0 aromatic heterocycles. The first-order valence-corrected chi connectivity index (χ1v) is 3.73. The van der Waals surface area contributed by atoms with Crippen LogP contribution in [0.2, 0.25) is 0 Å². The maximum atomic E-state index is 11.1. The summed E-state index contributed by atoms with van der Waals surface area (Å²) in [4.78, 5) is 11.1. The third-order valence-electron chi connectivity index (χ3n) is 1.55. The van der Waals surface area contributed by atoms with Crippen molar-refractivity contribution in [3.8, 4) is 0 Å². The third kappa shape index (κ3) is 1.69. The van der Waals surface area contributed by atoms with E-state index in [0.29, 0.717) is 12.3 Å². The zero-order valence-corrected chi connectivity index (χ0v) is 6.76. The number of carbonyl (C=O) groups is 1. The summed E-state index contributed by atoms with van der Waals surface area (Å²) in [5.74, 6) is -0.126. The zero-order chi connectivity index (χ0) is 8.27. The van der Waals surface area contributed by atoms with Crippen LogP contribution < -0.4 is 5.43 Å². The maximum absolute atomic E-state index is 11.1. The molecule has 1 N–H and O–H groups in total. The second kappa shape index (κ2) is 3.37. The van der Waals surface area contributed by atoms with Gasteiger partial charge in [0, 0.05) is 12.5 Å². The summed E-state index contributed by atoms with van der Waals surface area (Å²) < 4.78 is 4.79. The minimum absolute atomic E-state index is 0.175. The highest BCUT2D eigenvalue weighted by Gasteiger charge is 2.24. The number of ether oxygens (including phenoxy) is 1. The molecule has 0 saturated carbocycles. The second-order valence-corrected chi connectivity index (χ2v) is 2.48. The van der Waals surface area contributed by atoms with Gasteiger partial charge in [0.1, 0.15) is 5.71 Å². The number of hydrogen-bond acceptors (Lipinski definition) is 4. The Hall–Kier alpha value is -1.06. The Morgan fingerprint density at radius 3 is 3.09 bits per heavy atom. The van der Waals surface area contributed by atoms with Crippen LogP contribution in [0.3, 0.4) is 0 Å². The molecule has 4 nitrogen and oxygen atoms in total. The van der Waals surface area contributed by atoms with Gasteiger partial charge in [0.2, 0.25) is 0 Å². The predicted molar refractivity (Wildman–Crippen MR) is 41.2 cm³/mol. The van der Waals surface area contributed by atoms with Crippen molar-refractivity contribution in [3.05, 3.63) is 0 Å². The Morgan fingerprint density at radius 1 is 1.91 bits per heavy atom. The van der Waals surface area contributed by atoms with Crippen LogP contribution in [-0.2, 0) is 9.53 Å². The molecule has 11 heavy (non-hydrogen) atoms. The van der Waals surface area contributed by atoms with Crippen LogP contribution >= 0.6 is 0 Å². The van der Waals surface area contributed by atoms with E-state index in [1.54, 1.807) is 6.92 Å². The molecule has 0 fully saturated rings. The van der Waals surface area contributed by atoms with Crippen molar-refractivity contribution in [2.75, 3.05) is 13.2 Å². The van der Waals surface area contributed by atoms with E-state index in [2.05, 4.69) is 10.5 Å². The van der Waals surface area contributed by atoms with E-state index in [1.165, 1.54) is 0 Å². The van der Waals surface area contributed by atoms with E-state index in [9.17, 15) is 4.79 Å². The first kappa shape index (κ1) is 8.04. The average Bonchev–Trinajstić information content (AvgIpc) is 2.36. The molecule has 0 radical (unpaired) electrons. The monoisotopic (exact) mass is 156 g/mol. The molecule has 1 rings (SSSR count).